The number of piperidine rings is 1. The molecule has 2 heterocycles. The highest BCUT2D eigenvalue weighted by atomic mass is 15.2. The Morgan fingerprint density at radius 1 is 0.645 bits per heavy atom. The average molecular weight is 433 g/mol. The fourth-order valence-corrected chi connectivity index (χ4v) is 7.57. The molecule has 2 heteroatoms. The van der Waals surface area contributed by atoms with Crippen LogP contribution in [0.3, 0.4) is 0 Å². The Kier molecular flexibility index (Phi) is 7.36. The third-order valence-electron chi connectivity index (χ3n) is 9.87. The maximum Gasteiger partial charge on any atom is 0.0153 e. The maximum absolute atomic E-state index is 2.85. The first-order valence-electron chi connectivity index (χ1n) is 13.6. The van der Waals surface area contributed by atoms with Crippen LogP contribution in [0.1, 0.15) is 114 Å². The van der Waals surface area contributed by atoms with Crippen LogP contribution in [0, 0.1) is 34.5 Å². The van der Waals surface area contributed by atoms with Crippen LogP contribution in [-0.2, 0) is 0 Å². The van der Waals surface area contributed by atoms with Crippen molar-refractivity contribution in [2.45, 2.75) is 125 Å². The van der Waals surface area contributed by atoms with Gasteiger partial charge in [-0.25, -0.2) is 0 Å². The van der Waals surface area contributed by atoms with Crippen molar-refractivity contribution >= 4 is 0 Å². The van der Waals surface area contributed by atoms with E-state index in [-0.39, 0.29) is 0 Å². The molecule has 3 fully saturated rings. The van der Waals surface area contributed by atoms with Gasteiger partial charge < -0.3 is 0 Å². The molecule has 0 radical (unpaired) electrons. The van der Waals surface area contributed by atoms with Gasteiger partial charge in [-0.3, -0.25) is 9.80 Å². The molecule has 0 aromatic heterocycles. The van der Waals surface area contributed by atoms with Crippen molar-refractivity contribution in [3.8, 4) is 0 Å². The summed E-state index contributed by atoms with van der Waals surface area (Å²) in [5.74, 6) is 3.65. The first-order valence-corrected chi connectivity index (χ1v) is 13.6. The Hall–Kier alpha value is -0.0800. The molecule has 3 aliphatic rings. The van der Waals surface area contributed by atoms with Crippen LogP contribution in [0.4, 0.5) is 0 Å². The largest absolute Gasteiger partial charge is 0.298 e. The lowest BCUT2D eigenvalue weighted by Crippen LogP contribution is -2.53. The fourth-order valence-electron chi connectivity index (χ4n) is 7.57. The minimum absolute atomic E-state index is 0.329. The molecule has 182 valence electrons. The smallest absolute Gasteiger partial charge is 0.0153 e. The molecule has 31 heavy (non-hydrogen) atoms. The second-order valence-corrected chi connectivity index (χ2v) is 15.0. The van der Waals surface area contributed by atoms with Gasteiger partial charge in [-0.15, -0.1) is 0 Å². The quantitative estimate of drug-likeness (QED) is 0.444. The lowest BCUT2D eigenvalue weighted by molar-refractivity contribution is -0.0182. The van der Waals surface area contributed by atoms with Crippen molar-refractivity contribution in [1.29, 1.82) is 0 Å². The van der Waals surface area contributed by atoms with Gasteiger partial charge in [0.25, 0.3) is 0 Å². The van der Waals surface area contributed by atoms with E-state index >= 15 is 0 Å². The molecular formula is C29H56N2. The van der Waals surface area contributed by atoms with Gasteiger partial charge in [0.05, 0.1) is 0 Å². The Balaban J connectivity index is 1.59. The summed E-state index contributed by atoms with van der Waals surface area (Å²) in [6, 6.07) is 0. The first-order chi connectivity index (χ1) is 14.1. The summed E-state index contributed by atoms with van der Waals surface area (Å²) >= 11 is 0. The average Bonchev–Trinajstić information content (AvgIpc) is 2.82. The van der Waals surface area contributed by atoms with Crippen molar-refractivity contribution in [2.75, 3.05) is 26.2 Å². The van der Waals surface area contributed by atoms with Crippen molar-refractivity contribution in [2.24, 2.45) is 34.5 Å². The van der Waals surface area contributed by atoms with Crippen LogP contribution in [0.25, 0.3) is 0 Å². The van der Waals surface area contributed by atoms with E-state index < -0.39 is 0 Å². The number of nitrogens with zero attached hydrogens (tertiary/aromatic N) is 2. The lowest BCUT2D eigenvalue weighted by Gasteiger charge is -2.50. The highest BCUT2D eigenvalue weighted by Crippen LogP contribution is 2.53. The molecule has 1 aliphatic carbocycles. The van der Waals surface area contributed by atoms with Crippen LogP contribution in [-0.4, -0.2) is 47.1 Å². The summed E-state index contributed by atoms with van der Waals surface area (Å²) in [7, 11) is 0. The third kappa shape index (κ3) is 5.89. The summed E-state index contributed by atoms with van der Waals surface area (Å²) in [6.45, 7) is 30.1. The standard InChI is InChI=1S/C29H56N2/c1-26(2,3)24-12-11-18-30(19-15-24)29(9,10)17-16-28(7,8)25-22-13-14-23(25)21-31(20-22)27(4,5)6/h22-25H,11-21H2,1-10H3. The Morgan fingerprint density at radius 3 is 1.74 bits per heavy atom. The molecule has 1 saturated carbocycles. The summed E-state index contributed by atoms with van der Waals surface area (Å²) in [6.07, 6.45) is 9.84. The SMILES string of the molecule is CC(C)(C)C1CCCN(C(C)(C)CCC(C)(C)C2C3CCC2CN(C(C)(C)C)C3)CC1. The van der Waals surface area contributed by atoms with E-state index in [1.54, 1.807) is 0 Å². The summed E-state index contributed by atoms with van der Waals surface area (Å²) in [5.41, 5.74) is 1.58. The van der Waals surface area contributed by atoms with Crippen molar-refractivity contribution in [3.63, 3.8) is 0 Å². The fraction of sp³-hybridized carbons (Fsp3) is 1.00. The number of fused-ring (bicyclic) bond motifs is 2. The van der Waals surface area contributed by atoms with Crippen LogP contribution in [0.5, 0.6) is 0 Å². The zero-order chi connectivity index (χ0) is 23.2. The van der Waals surface area contributed by atoms with Crippen molar-refractivity contribution < 1.29 is 0 Å². The Morgan fingerprint density at radius 2 is 1.23 bits per heavy atom. The van der Waals surface area contributed by atoms with Gasteiger partial charge >= 0.3 is 0 Å². The van der Waals surface area contributed by atoms with E-state index in [1.165, 1.54) is 71.1 Å². The molecule has 0 aromatic rings. The van der Waals surface area contributed by atoms with Gasteiger partial charge in [0.1, 0.15) is 0 Å². The van der Waals surface area contributed by atoms with E-state index in [0.29, 0.717) is 21.9 Å². The van der Waals surface area contributed by atoms with Gasteiger partial charge in [-0.2, -0.15) is 0 Å². The molecule has 2 bridgehead atoms. The van der Waals surface area contributed by atoms with E-state index in [1.807, 2.05) is 0 Å². The second kappa shape index (κ2) is 8.94. The van der Waals surface area contributed by atoms with Gasteiger partial charge in [0.2, 0.25) is 0 Å². The van der Waals surface area contributed by atoms with E-state index in [0.717, 1.165) is 23.7 Å². The predicted octanol–water partition coefficient (Wildman–Crippen LogP) is 7.48. The molecule has 2 aliphatic heterocycles. The Labute approximate surface area is 195 Å². The number of hydrogen-bond acceptors (Lipinski definition) is 2. The van der Waals surface area contributed by atoms with E-state index in [2.05, 4.69) is 79.0 Å². The molecule has 3 rings (SSSR count). The van der Waals surface area contributed by atoms with Gasteiger partial charge in [0, 0.05) is 24.2 Å². The Bertz CT molecular complexity index is 577. The summed E-state index contributed by atoms with van der Waals surface area (Å²) in [5, 5.41) is 0. The topological polar surface area (TPSA) is 6.48 Å². The molecule has 2 nitrogen and oxygen atoms in total. The van der Waals surface area contributed by atoms with E-state index in [4.69, 9.17) is 0 Å². The van der Waals surface area contributed by atoms with Crippen molar-refractivity contribution in [3.05, 3.63) is 0 Å². The van der Waals surface area contributed by atoms with Gasteiger partial charge in [-0.1, -0.05) is 34.6 Å². The number of hydrogen-bond donors (Lipinski definition) is 0. The van der Waals surface area contributed by atoms with E-state index in [9.17, 15) is 0 Å². The monoisotopic (exact) mass is 432 g/mol. The first kappa shape index (κ1) is 25.5. The third-order valence-corrected chi connectivity index (χ3v) is 9.87. The number of rotatable bonds is 5. The molecule has 0 N–H and O–H groups in total. The zero-order valence-corrected chi connectivity index (χ0v) is 23.0. The molecule has 0 aromatic carbocycles. The number of likely N-dealkylation sites (tertiary alicyclic amines) is 2. The van der Waals surface area contributed by atoms with Crippen LogP contribution in [0.15, 0.2) is 0 Å². The highest BCUT2D eigenvalue weighted by Gasteiger charge is 2.50. The molecule has 3 atom stereocenters. The molecule has 0 spiro atoms. The molecule has 3 unspecified atom stereocenters. The minimum atomic E-state index is 0.329. The summed E-state index contributed by atoms with van der Waals surface area (Å²) < 4.78 is 0. The predicted molar refractivity (Wildman–Crippen MR) is 136 cm³/mol. The highest BCUT2D eigenvalue weighted by molar-refractivity contribution is 5.01. The van der Waals surface area contributed by atoms with Crippen LogP contribution >= 0.6 is 0 Å². The van der Waals surface area contributed by atoms with Crippen LogP contribution < -0.4 is 0 Å². The minimum Gasteiger partial charge on any atom is -0.298 e. The van der Waals surface area contributed by atoms with Crippen molar-refractivity contribution in [1.82, 2.24) is 9.80 Å². The molecule has 0 amide bonds. The molecular weight excluding hydrogens is 376 g/mol. The van der Waals surface area contributed by atoms with Gasteiger partial charge in [-0.05, 0) is 127 Å². The van der Waals surface area contributed by atoms with Crippen LogP contribution in [0.2, 0.25) is 0 Å². The zero-order valence-electron chi connectivity index (χ0n) is 23.0. The summed E-state index contributed by atoms with van der Waals surface area (Å²) in [4.78, 5) is 5.64. The lowest BCUT2D eigenvalue weighted by atomic mass is 9.64. The second-order valence-electron chi connectivity index (χ2n) is 15.0. The van der Waals surface area contributed by atoms with Gasteiger partial charge in [0.15, 0.2) is 0 Å². The maximum atomic E-state index is 2.85. The molecule has 2 saturated heterocycles. The normalized spacial score (nSPS) is 32.3.